The number of anilines is 1. The fourth-order valence-electron chi connectivity index (χ4n) is 3.94. The zero-order chi connectivity index (χ0) is 23.1. The van der Waals surface area contributed by atoms with E-state index in [0.29, 0.717) is 16.8 Å². The van der Waals surface area contributed by atoms with E-state index in [-0.39, 0.29) is 22.8 Å². The summed E-state index contributed by atoms with van der Waals surface area (Å²) in [5, 5.41) is 7.66. The SMILES string of the molecule is CCC1(N/C=C(/C(N)=O)C(N)=Nc2ccc(F)cc2)CCC(Nc2cccc(Cl)c2)CC1. The van der Waals surface area contributed by atoms with Crippen LogP contribution in [0, 0.1) is 5.82 Å². The molecule has 1 fully saturated rings. The number of benzene rings is 2. The van der Waals surface area contributed by atoms with E-state index >= 15 is 0 Å². The topological polar surface area (TPSA) is 106 Å². The Morgan fingerprint density at radius 2 is 1.91 bits per heavy atom. The molecule has 1 amide bonds. The summed E-state index contributed by atoms with van der Waals surface area (Å²) in [4.78, 5) is 16.2. The zero-order valence-electron chi connectivity index (χ0n) is 18.1. The summed E-state index contributed by atoms with van der Waals surface area (Å²) in [6.45, 7) is 2.12. The van der Waals surface area contributed by atoms with Gasteiger partial charge in [0.2, 0.25) is 0 Å². The third-order valence-electron chi connectivity index (χ3n) is 5.96. The van der Waals surface area contributed by atoms with Crippen LogP contribution in [-0.2, 0) is 4.79 Å². The van der Waals surface area contributed by atoms with E-state index in [1.807, 2.05) is 24.3 Å². The maximum absolute atomic E-state index is 13.1. The highest BCUT2D eigenvalue weighted by Crippen LogP contribution is 2.33. The summed E-state index contributed by atoms with van der Waals surface area (Å²) in [5.74, 6) is -1.07. The molecule has 6 N–H and O–H groups in total. The molecule has 1 aliphatic carbocycles. The molecule has 0 spiro atoms. The van der Waals surface area contributed by atoms with Gasteiger partial charge in [0.25, 0.3) is 5.91 Å². The molecular weight excluding hydrogens is 429 g/mol. The Hall–Kier alpha value is -3.06. The normalized spacial score (nSPS) is 21.8. The summed E-state index contributed by atoms with van der Waals surface area (Å²) in [5.41, 5.74) is 13.0. The predicted molar refractivity (Wildman–Crippen MR) is 128 cm³/mol. The number of nitrogens with one attached hydrogen (secondary N) is 2. The first-order chi connectivity index (χ1) is 15.3. The Morgan fingerprint density at radius 3 is 2.50 bits per heavy atom. The molecule has 0 unspecified atom stereocenters. The Morgan fingerprint density at radius 1 is 1.22 bits per heavy atom. The average molecular weight is 458 g/mol. The van der Waals surface area contributed by atoms with Gasteiger partial charge in [-0.1, -0.05) is 24.6 Å². The van der Waals surface area contributed by atoms with Crippen LogP contribution < -0.4 is 22.1 Å². The lowest BCUT2D eigenvalue weighted by Gasteiger charge is -2.40. The van der Waals surface area contributed by atoms with Crippen molar-refractivity contribution in [2.45, 2.75) is 50.6 Å². The van der Waals surface area contributed by atoms with E-state index in [4.69, 9.17) is 23.1 Å². The molecule has 6 nitrogen and oxygen atoms in total. The molecule has 0 radical (unpaired) electrons. The van der Waals surface area contributed by atoms with Gasteiger partial charge in [0.05, 0.1) is 11.3 Å². The zero-order valence-corrected chi connectivity index (χ0v) is 18.8. The van der Waals surface area contributed by atoms with E-state index in [2.05, 4.69) is 22.5 Å². The number of carbonyl (C=O) groups is 1. The highest BCUT2D eigenvalue weighted by atomic mass is 35.5. The molecule has 32 heavy (non-hydrogen) atoms. The molecule has 0 saturated heterocycles. The Labute approximate surface area is 192 Å². The number of rotatable bonds is 8. The monoisotopic (exact) mass is 457 g/mol. The molecule has 0 aromatic heterocycles. The van der Waals surface area contributed by atoms with E-state index in [0.717, 1.165) is 37.8 Å². The minimum atomic E-state index is -0.677. The average Bonchev–Trinajstić information content (AvgIpc) is 2.76. The number of amides is 1. The molecule has 8 heteroatoms. The second-order valence-corrected chi connectivity index (χ2v) is 8.54. The van der Waals surface area contributed by atoms with Crippen molar-refractivity contribution in [3.63, 3.8) is 0 Å². The van der Waals surface area contributed by atoms with Crippen LogP contribution in [0.5, 0.6) is 0 Å². The molecule has 2 aromatic carbocycles. The van der Waals surface area contributed by atoms with Crippen molar-refractivity contribution in [2.75, 3.05) is 5.32 Å². The number of primary amides is 1. The second-order valence-electron chi connectivity index (χ2n) is 8.10. The van der Waals surface area contributed by atoms with Crippen LogP contribution >= 0.6 is 11.6 Å². The molecule has 1 aliphatic rings. The Bertz CT molecular complexity index is 998. The lowest BCUT2D eigenvalue weighted by molar-refractivity contribution is -0.114. The van der Waals surface area contributed by atoms with Crippen LogP contribution in [0.3, 0.4) is 0 Å². The maximum atomic E-state index is 13.1. The van der Waals surface area contributed by atoms with Crippen molar-refractivity contribution in [2.24, 2.45) is 16.5 Å². The Balaban J connectivity index is 1.67. The van der Waals surface area contributed by atoms with Gasteiger partial charge in [0.15, 0.2) is 0 Å². The molecule has 3 rings (SSSR count). The summed E-state index contributed by atoms with van der Waals surface area (Å²) >= 11 is 6.08. The van der Waals surface area contributed by atoms with Gasteiger partial charge in [-0.15, -0.1) is 0 Å². The minimum Gasteiger partial charge on any atom is -0.385 e. The standard InChI is InChI=1S/C24H29ClFN5O/c1-2-24(12-10-19(11-13-24)30-20-5-3-4-16(25)14-20)29-15-21(23(28)32)22(27)31-18-8-6-17(26)7-9-18/h3-9,14-15,19,29-30H,2,10-13H2,1H3,(H2,27,31)(H2,28,32)/b21-15+. The van der Waals surface area contributed by atoms with Gasteiger partial charge in [-0.05, 0) is 74.6 Å². The summed E-state index contributed by atoms with van der Waals surface area (Å²) < 4.78 is 13.1. The Kier molecular flexibility index (Phi) is 7.75. The molecule has 1 saturated carbocycles. The van der Waals surface area contributed by atoms with Crippen LogP contribution in [0.2, 0.25) is 5.02 Å². The van der Waals surface area contributed by atoms with Gasteiger partial charge in [0, 0.05) is 28.5 Å². The first kappa shape index (κ1) is 23.6. The van der Waals surface area contributed by atoms with Gasteiger partial charge in [-0.3, -0.25) is 4.79 Å². The summed E-state index contributed by atoms with van der Waals surface area (Å²) in [6.07, 6.45) is 6.21. The number of carbonyl (C=O) groups excluding carboxylic acids is 1. The van der Waals surface area contributed by atoms with Crippen LogP contribution in [-0.4, -0.2) is 23.3 Å². The molecule has 0 heterocycles. The largest absolute Gasteiger partial charge is 0.385 e. The first-order valence-electron chi connectivity index (χ1n) is 10.7. The van der Waals surface area contributed by atoms with E-state index in [1.54, 1.807) is 6.20 Å². The summed E-state index contributed by atoms with van der Waals surface area (Å²) in [6, 6.07) is 13.6. The van der Waals surface area contributed by atoms with E-state index in [1.165, 1.54) is 24.3 Å². The first-order valence-corrected chi connectivity index (χ1v) is 11.1. The molecule has 0 atom stereocenters. The fraction of sp³-hybridized carbons (Fsp3) is 0.333. The number of hydrogen-bond donors (Lipinski definition) is 4. The smallest absolute Gasteiger partial charge is 0.253 e. The fourth-order valence-corrected chi connectivity index (χ4v) is 4.13. The number of amidine groups is 1. The second kappa shape index (κ2) is 10.5. The molecule has 170 valence electrons. The molecule has 2 aromatic rings. The van der Waals surface area contributed by atoms with Crippen molar-refractivity contribution in [1.29, 1.82) is 0 Å². The lowest BCUT2D eigenvalue weighted by Crippen LogP contribution is -2.47. The van der Waals surface area contributed by atoms with Crippen molar-refractivity contribution < 1.29 is 9.18 Å². The van der Waals surface area contributed by atoms with Crippen LogP contribution in [0.4, 0.5) is 15.8 Å². The predicted octanol–water partition coefficient (Wildman–Crippen LogP) is 4.63. The van der Waals surface area contributed by atoms with Crippen LogP contribution in [0.25, 0.3) is 0 Å². The number of halogens is 2. The van der Waals surface area contributed by atoms with Crippen molar-refractivity contribution >= 4 is 34.7 Å². The quantitative estimate of drug-likeness (QED) is 0.263. The number of aliphatic imine (C=N–C) groups is 1. The highest BCUT2D eigenvalue weighted by molar-refractivity contribution is 6.30. The lowest BCUT2D eigenvalue weighted by atomic mass is 9.77. The third-order valence-corrected chi connectivity index (χ3v) is 6.19. The highest BCUT2D eigenvalue weighted by Gasteiger charge is 2.33. The minimum absolute atomic E-state index is 0.0147. The van der Waals surface area contributed by atoms with Gasteiger partial charge in [-0.2, -0.15) is 0 Å². The van der Waals surface area contributed by atoms with E-state index < -0.39 is 5.91 Å². The molecule has 0 bridgehead atoms. The molecular formula is C24H29ClFN5O. The number of hydrogen-bond acceptors (Lipinski definition) is 4. The number of nitrogens with two attached hydrogens (primary N) is 2. The van der Waals surface area contributed by atoms with E-state index in [9.17, 15) is 9.18 Å². The number of nitrogens with zero attached hydrogens (tertiary/aromatic N) is 1. The van der Waals surface area contributed by atoms with Crippen LogP contribution in [0.1, 0.15) is 39.0 Å². The van der Waals surface area contributed by atoms with Crippen molar-refractivity contribution in [1.82, 2.24) is 5.32 Å². The van der Waals surface area contributed by atoms with Gasteiger partial charge in [0.1, 0.15) is 11.7 Å². The molecule has 0 aliphatic heterocycles. The van der Waals surface area contributed by atoms with Crippen molar-refractivity contribution in [3.05, 3.63) is 71.1 Å². The third kappa shape index (κ3) is 6.23. The van der Waals surface area contributed by atoms with Crippen molar-refractivity contribution in [3.8, 4) is 0 Å². The van der Waals surface area contributed by atoms with Gasteiger partial charge < -0.3 is 22.1 Å². The van der Waals surface area contributed by atoms with Gasteiger partial charge >= 0.3 is 0 Å². The maximum Gasteiger partial charge on any atom is 0.253 e. The van der Waals surface area contributed by atoms with Gasteiger partial charge in [-0.25, -0.2) is 9.38 Å². The van der Waals surface area contributed by atoms with Crippen LogP contribution in [0.15, 0.2) is 65.3 Å². The summed E-state index contributed by atoms with van der Waals surface area (Å²) in [7, 11) is 0.